The van der Waals surface area contributed by atoms with Gasteiger partial charge in [0.05, 0.1) is 33.5 Å². The largest absolute Gasteiger partial charge is 0.496 e. The Balaban J connectivity index is 1.30. The van der Waals surface area contributed by atoms with Crippen LogP contribution < -0.4 is 9.47 Å². The van der Waals surface area contributed by atoms with Crippen molar-refractivity contribution in [2.24, 2.45) is 0 Å². The van der Waals surface area contributed by atoms with Crippen molar-refractivity contribution in [1.82, 2.24) is 4.90 Å². The van der Waals surface area contributed by atoms with E-state index in [4.69, 9.17) is 18.9 Å². The van der Waals surface area contributed by atoms with Crippen LogP contribution in [0.5, 0.6) is 11.5 Å². The first-order chi connectivity index (χ1) is 15.1. The first kappa shape index (κ1) is 22.5. The number of hydrogen-bond donors (Lipinski definition) is 0. The molecule has 0 saturated carbocycles. The van der Waals surface area contributed by atoms with E-state index in [0.29, 0.717) is 67.9 Å². The third-order valence-electron chi connectivity index (χ3n) is 5.05. The van der Waals surface area contributed by atoms with Gasteiger partial charge in [-0.05, 0) is 25.1 Å². The van der Waals surface area contributed by atoms with Crippen LogP contribution in [0, 0.1) is 6.92 Å². The van der Waals surface area contributed by atoms with Gasteiger partial charge in [0.1, 0.15) is 24.4 Å². The second-order valence-electron chi connectivity index (χ2n) is 6.99. The number of carbonyl (C=O) groups excluding carboxylic acids is 2. The summed E-state index contributed by atoms with van der Waals surface area (Å²) in [5, 5.41) is 0. The first-order valence-corrected chi connectivity index (χ1v) is 10.1. The highest BCUT2D eigenvalue weighted by atomic mass is 16.5. The minimum absolute atomic E-state index is 0.0387. The molecular formula is C24H27NO6. The highest BCUT2D eigenvalue weighted by Gasteiger charge is 2.29. The number of rotatable bonds is 12. The second-order valence-corrected chi connectivity index (χ2v) is 6.99. The van der Waals surface area contributed by atoms with Gasteiger partial charge in [0.2, 0.25) is 0 Å². The van der Waals surface area contributed by atoms with Crippen molar-refractivity contribution in [2.75, 3.05) is 46.7 Å². The average molecular weight is 425 g/mol. The van der Waals surface area contributed by atoms with Crippen molar-refractivity contribution < 1.29 is 28.5 Å². The molecule has 2 aromatic rings. The lowest BCUT2D eigenvalue weighted by molar-refractivity contribution is 0.0323. The van der Waals surface area contributed by atoms with Gasteiger partial charge in [-0.1, -0.05) is 24.8 Å². The maximum Gasteiger partial charge on any atom is 0.259 e. The molecule has 31 heavy (non-hydrogen) atoms. The van der Waals surface area contributed by atoms with E-state index in [1.54, 1.807) is 24.1 Å². The standard InChI is InChI=1S/C24H27NO6/c1-17-22(28-3)14-19(16-26)15-23(17)31-13-12-30-11-10-29-9-8-25-18(2)20-6-4-5-7-21(20)24(25)27/h4-7,14-16H,2,8-13H2,1,3H3. The molecule has 0 aliphatic carbocycles. The van der Waals surface area contributed by atoms with Gasteiger partial charge < -0.3 is 23.8 Å². The van der Waals surface area contributed by atoms with Crippen molar-refractivity contribution in [3.05, 3.63) is 65.2 Å². The number of ether oxygens (including phenoxy) is 4. The molecule has 1 amide bonds. The van der Waals surface area contributed by atoms with Crippen molar-refractivity contribution in [3.63, 3.8) is 0 Å². The van der Waals surface area contributed by atoms with Gasteiger partial charge in [-0.3, -0.25) is 9.59 Å². The topological polar surface area (TPSA) is 74.3 Å². The average Bonchev–Trinajstić information content (AvgIpc) is 3.03. The molecule has 1 aliphatic heterocycles. The lowest BCUT2D eigenvalue weighted by atomic mass is 10.1. The summed E-state index contributed by atoms with van der Waals surface area (Å²) >= 11 is 0. The second kappa shape index (κ2) is 10.7. The number of hydrogen-bond acceptors (Lipinski definition) is 6. The van der Waals surface area contributed by atoms with Crippen LogP contribution >= 0.6 is 0 Å². The highest BCUT2D eigenvalue weighted by Crippen LogP contribution is 2.31. The normalized spacial score (nSPS) is 12.8. The van der Waals surface area contributed by atoms with Gasteiger partial charge in [-0.15, -0.1) is 0 Å². The summed E-state index contributed by atoms with van der Waals surface area (Å²) in [6.45, 7) is 8.28. The van der Waals surface area contributed by atoms with E-state index >= 15 is 0 Å². The number of aldehydes is 1. The zero-order valence-electron chi connectivity index (χ0n) is 17.9. The summed E-state index contributed by atoms with van der Waals surface area (Å²) in [5.74, 6) is 1.16. The third-order valence-corrected chi connectivity index (χ3v) is 5.05. The molecule has 3 rings (SSSR count). The number of fused-ring (bicyclic) bond motifs is 1. The molecule has 0 bridgehead atoms. The predicted octanol–water partition coefficient (Wildman–Crippen LogP) is 3.35. The molecule has 1 aliphatic rings. The van der Waals surface area contributed by atoms with Crippen LogP contribution in [0.3, 0.4) is 0 Å². The Morgan fingerprint density at radius 1 is 0.968 bits per heavy atom. The van der Waals surface area contributed by atoms with Gasteiger partial charge in [-0.2, -0.15) is 0 Å². The fraction of sp³-hybridized carbons (Fsp3) is 0.333. The molecule has 164 valence electrons. The van der Waals surface area contributed by atoms with E-state index in [2.05, 4.69) is 6.58 Å². The van der Waals surface area contributed by atoms with Crippen molar-refractivity contribution in [1.29, 1.82) is 0 Å². The molecule has 2 aromatic carbocycles. The molecule has 7 nitrogen and oxygen atoms in total. The minimum Gasteiger partial charge on any atom is -0.496 e. The van der Waals surface area contributed by atoms with E-state index in [-0.39, 0.29) is 5.91 Å². The van der Waals surface area contributed by atoms with E-state index in [1.807, 2.05) is 31.2 Å². The highest BCUT2D eigenvalue weighted by molar-refractivity contribution is 6.08. The fourth-order valence-electron chi connectivity index (χ4n) is 3.37. The van der Waals surface area contributed by atoms with Gasteiger partial charge in [0.15, 0.2) is 0 Å². The molecule has 0 unspecified atom stereocenters. The Hall–Kier alpha value is -3.16. The maximum atomic E-state index is 12.4. The van der Waals surface area contributed by atoms with Gasteiger partial charge in [0.25, 0.3) is 5.91 Å². The Morgan fingerprint density at radius 3 is 2.29 bits per heavy atom. The zero-order valence-corrected chi connectivity index (χ0v) is 17.9. The molecule has 0 aromatic heterocycles. The van der Waals surface area contributed by atoms with E-state index in [1.165, 1.54) is 0 Å². The Labute approximate surface area is 182 Å². The van der Waals surface area contributed by atoms with Gasteiger partial charge in [-0.25, -0.2) is 0 Å². The van der Waals surface area contributed by atoms with Gasteiger partial charge in [0, 0.05) is 34.5 Å². The summed E-state index contributed by atoms with van der Waals surface area (Å²) in [5.41, 5.74) is 3.60. The molecule has 0 radical (unpaired) electrons. The smallest absolute Gasteiger partial charge is 0.259 e. The monoisotopic (exact) mass is 425 g/mol. The molecule has 0 fully saturated rings. The Morgan fingerprint density at radius 2 is 1.61 bits per heavy atom. The number of benzene rings is 2. The molecule has 1 heterocycles. The number of nitrogens with zero attached hydrogens (tertiary/aromatic N) is 1. The minimum atomic E-state index is -0.0387. The van der Waals surface area contributed by atoms with Crippen LogP contribution in [0.2, 0.25) is 0 Å². The lowest BCUT2D eigenvalue weighted by Crippen LogP contribution is -2.27. The number of carbonyl (C=O) groups is 2. The van der Waals surface area contributed by atoms with Crippen LogP contribution in [-0.4, -0.2) is 63.8 Å². The Bertz CT molecular complexity index is 920. The van der Waals surface area contributed by atoms with Crippen molar-refractivity contribution in [3.8, 4) is 11.5 Å². The molecular weight excluding hydrogens is 398 g/mol. The predicted molar refractivity (Wildman–Crippen MR) is 117 cm³/mol. The zero-order chi connectivity index (χ0) is 22.2. The van der Waals surface area contributed by atoms with Crippen LogP contribution in [0.15, 0.2) is 43.0 Å². The fourth-order valence-corrected chi connectivity index (χ4v) is 3.37. The summed E-state index contributed by atoms with van der Waals surface area (Å²) in [4.78, 5) is 25.1. The quantitative estimate of drug-likeness (QED) is 0.384. The van der Waals surface area contributed by atoms with Crippen LogP contribution in [-0.2, 0) is 9.47 Å². The Kier molecular flexibility index (Phi) is 7.81. The molecule has 0 atom stereocenters. The SMILES string of the molecule is C=C1c2ccccc2C(=O)N1CCOCCOCCOc1cc(C=O)cc(OC)c1C. The summed E-state index contributed by atoms with van der Waals surface area (Å²) < 4.78 is 22.1. The molecule has 7 heteroatoms. The van der Waals surface area contributed by atoms with E-state index in [0.717, 1.165) is 17.4 Å². The molecule has 0 N–H and O–H groups in total. The molecule has 0 saturated heterocycles. The summed E-state index contributed by atoms with van der Waals surface area (Å²) in [7, 11) is 1.55. The first-order valence-electron chi connectivity index (χ1n) is 10.1. The number of amides is 1. The van der Waals surface area contributed by atoms with Crippen LogP contribution in [0.1, 0.15) is 31.8 Å². The lowest BCUT2D eigenvalue weighted by Gasteiger charge is -2.17. The van der Waals surface area contributed by atoms with Crippen molar-refractivity contribution >= 4 is 17.9 Å². The van der Waals surface area contributed by atoms with Crippen LogP contribution in [0.25, 0.3) is 5.70 Å². The van der Waals surface area contributed by atoms with Crippen LogP contribution in [0.4, 0.5) is 0 Å². The summed E-state index contributed by atoms with van der Waals surface area (Å²) in [6, 6.07) is 10.8. The molecule has 0 spiro atoms. The maximum absolute atomic E-state index is 12.4. The van der Waals surface area contributed by atoms with E-state index in [9.17, 15) is 9.59 Å². The van der Waals surface area contributed by atoms with Gasteiger partial charge >= 0.3 is 0 Å². The van der Waals surface area contributed by atoms with Crippen molar-refractivity contribution in [2.45, 2.75) is 6.92 Å². The van der Waals surface area contributed by atoms with E-state index < -0.39 is 0 Å². The third kappa shape index (κ3) is 5.31. The summed E-state index contributed by atoms with van der Waals surface area (Å²) in [6.07, 6.45) is 0.756. The number of methoxy groups -OCH3 is 1.